The van der Waals surface area contributed by atoms with Crippen molar-refractivity contribution in [1.82, 2.24) is 15.1 Å². The SMILES string of the molecule is Cc1ccc2cccc(-c3nc(-c4ccc(Cl)cc4)no3)c2n1. The minimum absolute atomic E-state index is 0.457. The van der Waals surface area contributed by atoms with E-state index >= 15 is 0 Å². The molecule has 0 aliphatic heterocycles. The van der Waals surface area contributed by atoms with E-state index in [2.05, 4.69) is 15.1 Å². The predicted molar refractivity (Wildman–Crippen MR) is 90.2 cm³/mol. The molecule has 0 atom stereocenters. The summed E-state index contributed by atoms with van der Waals surface area (Å²) < 4.78 is 5.45. The summed E-state index contributed by atoms with van der Waals surface area (Å²) in [6.07, 6.45) is 0. The topological polar surface area (TPSA) is 51.8 Å². The van der Waals surface area contributed by atoms with Crippen molar-refractivity contribution < 1.29 is 4.52 Å². The van der Waals surface area contributed by atoms with Crippen LogP contribution < -0.4 is 0 Å². The maximum atomic E-state index is 5.91. The Labute approximate surface area is 137 Å². The van der Waals surface area contributed by atoms with Gasteiger partial charge in [-0.05, 0) is 43.3 Å². The molecule has 0 amide bonds. The first kappa shape index (κ1) is 13.9. The van der Waals surface area contributed by atoms with E-state index in [0.29, 0.717) is 16.7 Å². The Bertz CT molecular complexity index is 993. The molecule has 0 radical (unpaired) electrons. The third kappa shape index (κ3) is 2.58. The molecule has 0 saturated carbocycles. The van der Waals surface area contributed by atoms with E-state index < -0.39 is 0 Å². The van der Waals surface area contributed by atoms with Gasteiger partial charge in [-0.15, -0.1) is 0 Å². The molecule has 4 nitrogen and oxygen atoms in total. The van der Waals surface area contributed by atoms with E-state index in [9.17, 15) is 0 Å². The number of hydrogen-bond donors (Lipinski definition) is 0. The molecule has 4 aromatic rings. The van der Waals surface area contributed by atoms with Crippen molar-refractivity contribution in [1.29, 1.82) is 0 Å². The van der Waals surface area contributed by atoms with Crippen LogP contribution >= 0.6 is 11.6 Å². The van der Waals surface area contributed by atoms with Crippen molar-refractivity contribution in [2.75, 3.05) is 0 Å². The van der Waals surface area contributed by atoms with E-state index in [0.717, 1.165) is 27.7 Å². The average Bonchev–Trinajstić information content (AvgIpc) is 3.04. The van der Waals surface area contributed by atoms with E-state index in [-0.39, 0.29) is 0 Å². The van der Waals surface area contributed by atoms with Crippen LogP contribution in [0.3, 0.4) is 0 Å². The zero-order chi connectivity index (χ0) is 15.8. The molecular weight excluding hydrogens is 310 g/mol. The van der Waals surface area contributed by atoms with Gasteiger partial charge in [0.2, 0.25) is 5.82 Å². The highest BCUT2D eigenvalue weighted by atomic mass is 35.5. The highest BCUT2D eigenvalue weighted by Crippen LogP contribution is 2.28. The standard InChI is InChI=1S/C18H12ClN3O/c1-11-5-6-12-3-2-4-15(16(12)20-11)18-21-17(22-23-18)13-7-9-14(19)10-8-13/h2-10H,1H3. The Morgan fingerprint density at radius 1 is 0.913 bits per heavy atom. The molecule has 0 fully saturated rings. The Hall–Kier alpha value is -2.72. The van der Waals surface area contributed by atoms with E-state index in [1.807, 2.05) is 49.4 Å². The smallest absolute Gasteiger partial charge is 0.260 e. The van der Waals surface area contributed by atoms with Crippen LogP contribution in [0.1, 0.15) is 5.69 Å². The molecule has 2 aromatic heterocycles. The van der Waals surface area contributed by atoms with Crippen LogP contribution in [0.5, 0.6) is 0 Å². The molecule has 0 saturated heterocycles. The number of aromatic nitrogens is 3. The maximum Gasteiger partial charge on any atom is 0.260 e. The van der Waals surface area contributed by atoms with Gasteiger partial charge in [-0.1, -0.05) is 35.0 Å². The van der Waals surface area contributed by atoms with Crippen LogP contribution in [0.4, 0.5) is 0 Å². The van der Waals surface area contributed by atoms with Crippen LogP contribution in [0, 0.1) is 6.92 Å². The zero-order valence-corrected chi connectivity index (χ0v) is 13.1. The van der Waals surface area contributed by atoms with Crippen molar-refractivity contribution in [3.05, 3.63) is 65.3 Å². The fraction of sp³-hybridized carbons (Fsp3) is 0.0556. The van der Waals surface area contributed by atoms with Gasteiger partial charge in [-0.25, -0.2) is 0 Å². The van der Waals surface area contributed by atoms with Crippen molar-refractivity contribution in [2.24, 2.45) is 0 Å². The molecule has 2 aromatic carbocycles. The number of para-hydroxylation sites is 1. The summed E-state index contributed by atoms with van der Waals surface area (Å²) in [5.41, 5.74) is 3.49. The molecule has 0 aliphatic carbocycles. The number of pyridine rings is 1. The zero-order valence-electron chi connectivity index (χ0n) is 12.3. The van der Waals surface area contributed by atoms with Crippen LogP contribution in [0.15, 0.2) is 59.1 Å². The van der Waals surface area contributed by atoms with Crippen molar-refractivity contribution in [2.45, 2.75) is 6.92 Å². The molecule has 23 heavy (non-hydrogen) atoms. The third-order valence-electron chi connectivity index (χ3n) is 3.62. The van der Waals surface area contributed by atoms with Gasteiger partial charge in [-0.3, -0.25) is 4.98 Å². The van der Waals surface area contributed by atoms with Crippen LogP contribution in [0.2, 0.25) is 5.02 Å². The highest BCUT2D eigenvalue weighted by Gasteiger charge is 2.14. The minimum atomic E-state index is 0.457. The van der Waals surface area contributed by atoms with Crippen molar-refractivity contribution in [3.63, 3.8) is 0 Å². The molecule has 0 unspecified atom stereocenters. The van der Waals surface area contributed by atoms with E-state index in [1.165, 1.54) is 0 Å². The first-order valence-electron chi connectivity index (χ1n) is 7.17. The number of hydrogen-bond acceptors (Lipinski definition) is 4. The van der Waals surface area contributed by atoms with E-state index in [1.54, 1.807) is 12.1 Å². The van der Waals surface area contributed by atoms with Crippen molar-refractivity contribution in [3.8, 4) is 22.8 Å². The van der Waals surface area contributed by atoms with Crippen molar-refractivity contribution >= 4 is 22.5 Å². The summed E-state index contributed by atoms with van der Waals surface area (Å²) in [5, 5.41) is 5.78. The first-order valence-corrected chi connectivity index (χ1v) is 7.55. The second-order valence-corrected chi connectivity index (χ2v) is 5.70. The second kappa shape index (κ2) is 5.48. The summed E-state index contributed by atoms with van der Waals surface area (Å²) in [5.74, 6) is 0.986. The predicted octanol–water partition coefficient (Wildman–Crippen LogP) is 4.91. The Morgan fingerprint density at radius 3 is 2.57 bits per heavy atom. The lowest BCUT2D eigenvalue weighted by Gasteiger charge is -2.02. The molecule has 112 valence electrons. The molecule has 2 heterocycles. The molecule has 0 bridgehead atoms. The Morgan fingerprint density at radius 2 is 1.74 bits per heavy atom. The number of halogens is 1. The largest absolute Gasteiger partial charge is 0.334 e. The maximum absolute atomic E-state index is 5.91. The van der Waals surface area contributed by atoms with Gasteiger partial charge >= 0.3 is 0 Å². The van der Waals surface area contributed by atoms with Gasteiger partial charge in [-0.2, -0.15) is 4.98 Å². The average molecular weight is 322 g/mol. The quantitative estimate of drug-likeness (QED) is 0.526. The molecule has 0 N–H and O–H groups in total. The van der Waals surface area contributed by atoms with Gasteiger partial charge < -0.3 is 4.52 Å². The Kier molecular flexibility index (Phi) is 3.32. The Balaban J connectivity index is 1.83. The van der Waals surface area contributed by atoms with Gasteiger partial charge in [0.1, 0.15) is 0 Å². The number of rotatable bonds is 2. The summed E-state index contributed by atoms with van der Waals surface area (Å²) >= 11 is 5.91. The van der Waals surface area contributed by atoms with Gasteiger partial charge in [0.05, 0.1) is 11.1 Å². The normalized spacial score (nSPS) is 11.0. The fourth-order valence-corrected chi connectivity index (χ4v) is 2.59. The molecule has 0 aliphatic rings. The lowest BCUT2D eigenvalue weighted by Crippen LogP contribution is -1.87. The van der Waals surface area contributed by atoms with E-state index in [4.69, 9.17) is 16.1 Å². The summed E-state index contributed by atoms with van der Waals surface area (Å²) in [6, 6.07) is 17.3. The monoisotopic (exact) mass is 321 g/mol. The number of fused-ring (bicyclic) bond motifs is 1. The fourth-order valence-electron chi connectivity index (χ4n) is 2.47. The molecule has 5 heteroatoms. The number of nitrogens with zero attached hydrogens (tertiary/aromatic N) is 3. The highest BCUT2D eigenvalue weighted by molar-refractivity contribution is 6.30. The van der Waals surface area contributed by atoms with Gasteiger partial charge in [0.15, 0.2) is 0 Å². The summed E-state index contributed by atoms with van der Waals surface area (Å²) in [7, 11) is 0. The molecule has 4 rings (SSSR count). The van der Waals surface area contributed by atoms with Crippen LogP contribution in [-0.4, -0.2) is 15.1 Å². The lowest BCUT2D eigenvalue weighted by atomic mass is 10.1. The first-order chi connectivity index (χ1) is 11.2. The third-order valence-corrected chi connectivity index (χ3v) is 3.87. The van der Waals surface area contributed by atoms with Crippen LogP contribution in [-0.2, 0) is 0 Å². The summed E-state index contributed by atoms with van der Waals surface area (Å²) in [4.78, 5) is 9.10. The van der Waals surface area contributed by atoms with Gasteiger partial charge in [0.25, 0.3) is 5.89 Å². The van der Waals surface area contributed by atoms with Gasteiger partial charge in [0, 0.05) is 21.7 Å². The lowest BCUT2D eigenvalue weighted by molar-refractivity contribution is 0.432. The minimum Gasteiger partial charge on any atom is -0.334 e. The number of benzene rings is 2. The second-order valence-electron chi connectivity index (χ2n) is 5.26. The summed E-state index contributed by atoms with van der Waals surface area (Å²) in [6.45, 7) is 1.96. The van der Waals surface area contributed by atoms with Crippen LogP contribution in [0.25, 0.3) is 33.7 Å². The number of aryl methyl sites for hydroxylation is 1. The molecule has 0 spiro atoms. The molecular formula is C18H12ClN3O.